The number of fused-ring (bicyclic) bond motifs is 2. The molecule has 4 nitrogen and oxygen atoms in total. The lowest BCUT2D eigenvalue weighted by molar-refractivity contribution is 0.590. The molecule has 2 heterocycles. The van der Waals surface area contributed by atoms with Gasteiger partial charge in [-0.3, -0.25) is 0 Å². The maximum atomic E-state index is 13.3. The van der Waals surface area contributed by atoms with Crippen LogP contribution in [0.2, 0.25) is 0 Å². The van der Waals surface area contributed by atoms with E-state index < -0.39 is 15.8 Å². The van der Waals surface area contributed by atoms with E-state index in [1.54, 1.807) is 6.92 Å². The Bertz CT molecular complexity index is 1110. The second-order valence-electron chi connectivity index (χ2n) is 6.40. The van der Waals surface area contributed by atoms with Gasteiger partial charge in [0.1, 0.15) is 11.6 Å². The van der Waals surface area contributed by atoms with Crippen LogP contribution < -0.4 is 4.31 Å². The molecule has 0 N–H and O–H groups in total. The number of anilines is 1. The summed E-state index contributed by atoms with van der Waals surface area (Å²) >= 11 is 0. The molecule has 6 heteroatoms. The molecule has 4 rings (SSSR count). The van der Waals surface area contributed by atoms with E-state index in [1.165, 1.54) is 22.5 Å². The van der Waals surface area contributed by atoms with E-state index in [4.69, 9.17) is 0 Å². The van der Waals surface area contributed by atoms with Crippen molar-refractivity contribution < 1.29 is 12.8 Å². The normalized spacial score (nSPS) is 14.1. The maximum Gasteiger partial charge on any atom is 0.265 e. The standard InChI is InChI=1S/C19H17FN2O2S/c1-12-3-5-17-15(9-12)11-14-7-8-22(19(14)21-17)25(23,24)18-6-4-16(20)10-13(18)2/h3-6,9-11H,7-8H2,1-2H3. The maximum absolute atomic E-state index is 13.3. The highest BCUT2D eigenvalue weighted by Crippen LogP contribution is 2.34. The predicted molar refractivity (Wildman–Crippen MR) is 95.9 cm³/mol. The molecule has 0 saturated heterocycles. The van der Waals surface area contributed by atoms with Gasteiger partial charge >= 0.3 is 0 Å². The Balaban J connectivity index is 1.85. The molecule has 0 unspecified atom stereocenters. The molecule has 0 atom stereocenters. The predicted octanol–water partition coefficient (Wildman–Crippen LogP) is 3.74. The number of aryl methyl sites for hydroxylation is 2. The molecule has 0 spiro atoms. The molecule has 2 aromatic carbocycles. The number of hydrogen-bond donors (Lipinski definition) is 0. The SMILES string of the molecule is Cc1ccc2nc3c(cc2c1)CCN3S(=O)(=O)c1ccc(F)cc1C. The molecule has 128 valence electrons. The van der Waals surface area contributed by atoms with Crippen molar-refractivity contribution in [1.29, 1.82) is 0 Å². The van der Waals surface area contributed by atoms with Gasteiger partial charge in [-0.15, -0.1) is 0 Å². The van der Waals surface area contributed by atoms with Crippen LogP contribution >= 0.6 is 0 Å². The van der Waals surface area contributed by atoms with Crippen molar-refractivity contribution in [3.8, 4) is 0 Å². The number of pyridine rings is 1. The molecule has 1 aromatic heterocycles. The molecular formula is C19H17FN2O2S. The van der Waals surface area contributed by atoms with Gasteiger partial charge in [-0.25, -0.2) is 22.1 Å². The summed E-state index contributed by atoms with van der Waals surface area (Å²) in [6, 6.07) is 11.6. The van der Waals surface area contributed by atoms with E-state index in [0.29, 0.717) is 24.3 Å². The zero-order chi connectivity index (χ0) is 17.8. The summed E-state index contributed by atoms with van der Waals surface area (Å²) in [5.74, 6) is 0.0258. The Morgan fingerprint density at radius 1 is 1.08 bits per heavy atom. The van der Waals surface area contributed by atoms with Gasteiger partial charge in [0.15, 0.2) is 0 Å². The van der Waals surface area contributed by atoms with Gasteiger partial charge in [-0.2, -0.15) is 0 Å². The van der Waals surface area contributed by atoms with Crippen LogP contribution in [0.25, 0.3) is 10.9 Å². The summed E-state index contributed by atoms with van der Waals surface area (Å²) in [5.41, 5.74) is 3.22. The number of hydrogen-bond acceptors (Lipinski definition) is 3. The average molecular weight is 356 g/mol. The van der Waals surface area contributed by atoms with Crippen LogP contribution in [0.5, 0.6) is 0 Å². The summed E-state index contributed by atoms with van der Waals surface area (Å²) < 4.78 is 40.8. The molecule has 0 bridgehead atoms. The van der Waals surface area contributed by atoms with Crippen molar-refractivity contribution in [2.75, 3.05) is 10.8 Å². The molecular weight excluding hydrogens is 339 g/mol. The van der Waals surface area contributed by atoms with Gasteiger partial charge in [0.25, 0.3) is 10.0 Å². The highest BCUT2D eigenvalue weighted by molar-refractivity contribution is 7.92. The Morgan fingerprint density at radius 2 is 1.88 bits per heavy atom. The quantitative estimate of drug-likeness (QED) is 0.703. The molecule has 0 fully saturated rings. The fraction of sp³-hybridized carbons (Fsp3) is 0.211. The Morgan fingerprint density at radius 3 is 2.64 bits per heavy atom. The monoisotopic (exact) mass is 356 g/mol. The number of benzene rings is 2. The fourth-order valence-corrected chi connectivity index (χ4v) is 4.97. The highest BCUT2D eigenvalue weighted by Gasteiger charge is 2.33. The third kappa shape index (κ3) is 2.57. The molecule has 0 aliphatic carbocycles. The lowest BCUT2D eigenvalue weighted by Crippen LogP contribution is -2.30. The minimum Gasteiger partial charge on any atom is -0.249 e. The molecule has 1 aliphatic rings. The van der Waals surface area contributed by atoms with Crippen molar-refractivity contribution >= 4 is 26.7 Å². The summed E-state index contributed by atoms with van der Waals surface area (Å²) in [6.45, 7) is 3.96. The smallest absolute Gasteiger partial charge is 0.249 e. The first kappa shape index (κ1) is 16.0. The van der Waals surface area contributed by atoms with Crippen molar-refractivity contribution in [2.24, 2.45) is 0 Å². The van der Waals surface area contributed by atoms with E-state index in [1.807, 2.05) is 31.2 Å². The zero-order valence-corrected chi connectivity index (χ0v) is 14.8. The van der Waals surface area contributed by atoms with Crippen LogP contribution in [0.4, 0.5) is 10.2 Å². The van der Waals surface area contributed by atoms with Crippen LogP contribution in [0.15, 0.2) is 47.4 Å². The zero-order valence-electron chi connectivity index (χ0n) is 14.0. The summed E-state index contributed by atoms with van der Waals surface area (Å²) in [6.07, 6.45) is 0.617. The lowest BCUT2D eigenvalue weighted by atomic mass is 10.1. The van der Waals surface area contributed by atoms with E-state index in [9.17, 15) is 12.8 Å². The average Bonchev–Trinajstić information content (AvgIpc) is 2.95. The van der Waals surface area contributed by atoms with Crippen LogP contribution in [-0.4, -0.2) is 19.9 Å². The summed E-state index contributed by atoms with van der Waals surface area (Å²) in [5, 5.41) is 1.01. The van der Waals surface area contributed by atoms with Gasteiger partial charge in [-0.05, 0) is 67.8 Å². The minimum atomic E-state index is -3.77. The van der Waals surface area contributed by atoms with Crippen molar-refractivity contribution in [1.82, 2.24) is 4.98 Å². The van der Waals surface area contributed by atoms with Crippen LogP contribution in [-0.2, 0) is 16.4 Å². The van der Waals surface area contributed by atoms with Gasteiger partial charge in [0.05, 0.1) is 10.4 Å². The third-order valence-electron chi connectivity index (χ3n) is 4.55. The second-order valence-corrected chi connectivity index (χ2v) is 8.23. The number of aromatic nitrogens is 1. The molecule has 0 radical (unpaired) electrons. The lowest BCUT2D eigenvalue weighted by Gasteiger charge is -2.20. The Kier molecular flexibility index (Phi) is 3.54. The third-order valence-corrected chi connectivity index (χ3v) is 6.50. The van der Waals surface area contributed by atoms with Crippen molar-refractivity contribution in [3.05, 3.63) is 65.0 Å². The van der Waals surface area contributed by atoms with Crippen LogP contribution in [0.3, 0.4) is 0 Å². The number of nitrogens with zero attached hydrogens (tertiary/aromatic N) is 2. The fourth-order valence-electron chi connectivity index (χ4n) is 3.31. The molecule has 25 heavy (non-hydrogen) atoms. The minimum absolute atomic E-state index is 0.118. The number of sulfonamides is 1. The second kappa shape index (κ2) is 5.52. The largest absolute Gasteiger partial charge is 0.265 e. The van der Waals surface area contributed by atoms with E-state index >= 15 is 0 Å². The van der Waals surface area contributed by atoms with Gasteiger partial charge in [0, 0.05) is 11.9 Å². The summed E-state index contributed by atoms with van der Waals surface area (Å²) in [4.78, 5) is 4.71. The number of rotatable bonds is 2. The van der Waals surface area contributed by atoms with Crippen LogP contribution in [0, 0.1) is 19.7 Å². The van der Waals surface area contributed by atoms with E-state index in [0.717, 1.165) is 22.0 Å². The first-order valence-corrected chi connectivity index (χ1v) is 9.49. The molecule has 0 amide bonds. The topological polar surface area (TPSA) is 50.3 Å². The first-order chi connectivity index (χ1) is 11.9. The van der Waals surface area contributed by atoms with Gasteiger partial charge < -0.3 is 0 Å². The highest BCUT2D eigenvalue weighted by atomic mass is 32.2. The van der Waals surface area contributed by atoms with Gasteiger partial charge in [-0.1, -0.05) is 11.6 Å². The van der Waals surface area contributed by atoms with Crippen LogP contribution in [0.1, 0.15) is 16.7 Å². The first-order valence-electron chi connectivity index (χ1n) is 8.05. The molecule has 1 aliphatic heterocycles. The van der Waals surface area contributed by atoms with Crippen molar-refractivity contribution in [3.63, 3.8) is 0 Å². The Labute approximate surface area is 146 Å². The molecule has 3 aromatic rings. The Hall–Kier alpha value is -2.47. The summed E-state index contributed by atoms with van der Waals surface area (Å²) in [7, 11) is -3.77. The molecule has 0 saturated carbocycles. The van der Waals surface area contributed by atoms with E-state index in [2.05, 4.69) is 4.98 Å². The van der Waals surface area contributed by atoms with Gasteiger partial charge in [0.2, 0.25) is 0 Å². The number of halogens is 1. The van der Waals surface area contributed by atoms with Crippen molar-refractivity contribution in [2.45, 2.75) is 25.2 Å². The van der Waals surface area contributed by atoms with E-state index in [-0.39, 0.29) is 4.90 Å².